The number of carbonyl (C=O) groups excluding carboxylic acids is 1. The summed E-state index contributed by atoms with van der Waals surface area (Å²) in [6.45, 7) is 6.46. The first kappa shape index (κ1) is 20.1. The van der Waals surface area contributed by atoms with Crippen molar-refractivity contribution in [1.29, 1.82) is 0 Å². The molecule has 0 radical (unpaired) electrons. The molecule has 1 aromatic heterocycles. The molecule has 0 amide bonds. The Labute approximate surface area is 184 Å². The van der Waals surface area contributed by atoms with E-state index in [9.17, 15) is 4.79 Å². The fraction of sp³-hybridized carbons (Fsp3) is 0.174. The van der Waals surface area contributed by atoms with Crippen molar-refractivity contribution in [1.82, 2.24) is 4.57 Å². The van der Waals surface area contributed by atoms with Gasteiger partial charge in [-0.1, -0.05) is 61.6 Å². The number of halogens is 3. The maximum absolute atomic E-state index is 13.6. The molecule has 6 heteroatoms. The highest BCUT2D eigenvalue weighted by Crippen LogP contribution is 2.36. The van der Waals surface area contributed by atoms with Crippen LogP contribution in [0, 0.1) is 0 Å². The van der Waals surface area contributed by atoms with E-state index in [4.69, 9.17) is 40.5 Å². The van der Waals surface area contributed by atoms with Crippen molar-refractivity contribution in [2.45, 2.75) is 26.2 Å². The highest BCUT2D eigenvalue weighted by atomic mass is 35.5. The molecule has 0 aliphatic heterocycles. The summed E-state index contributed by atoms with van der Waals surface area (Å²) in [5.41, 5.74) is 9.55. The van der Waals surface area contributed by atoms with E-state index in [1.54, 1.807) is 10.6 Å². The maximum atomic E-state index is 13.6. The summed E-state index contributed by atoms with van der Waals surface area (Å²) in [5, 5.41) is 2.66. The molecule has 0 spiro atoms. The van der Waals surface area contributed by atoms with Crippen LogP contribution in [0.5, 0.6) is 0 Å². The first-order valence-electron chi connectivity index (χ1n) is 9.11. The number of benzene rings is 3. The SMILES string of the molecule is CC(C)(C)c1ccc2c(c1)c1cc(N)ccc1n2C(=O)c1c(Cl)cc(Cl)cc1Cl. The molecule has 0 aliphatic carbocycles. The van der Waals surface area contributed by atoms with E-state index in [2.05, 4.69) is 26.8 Å². The van der Waals surface area contributed by atoms with Crippen LogP contribution < -0.4 is 5.73 Å². The number of anilines is 1. The molecule has 0 saturated carbocycles. The molecule has 3 aromatic carbocycles. The molecule has 29 heavy (non-hydrogen) atoms. The lowest BCUT2D eigenvalue weighted by Crippen LogP contribution is -2.14. The molecule has 0 fully saturated rings. The van der Waals surface area contributed by atoms with Crippen molar-refractivity contribution in [3.63, 3.8) is 0 Å². The third-order valence-corrected chi connectivity index (χ3v) is 5.89. The lowest BCUT2D eigenvalue weighted by atomic mass is 9.86. The predicted octanol–water partition coefficient (Wildman–Crippen LogP) is 7.32. The van der Waals surface area contributed by atoms with Gasteiger partial charge in [-0.05, 0) is 53.4 Å². The molecule has 0 aliphatic rings. The summed E-state index contributed by atoms with van der Waals surface area (Å²) in [6, 6.07) is 14.7. The first-order chi connectivity index (χ1) is 13.6. The Morgan fingerprint density at radius 3 is 2.00 bits per heavy atom. The fourth-order valence-corrected chi connectivity index (χ4v) is 4.56. The van der Waals surface area contributed by atoms with Crippen LogP contribution in [0.15, 0.2) is 48.5 Å². The van der Waals surface area contributed by atoms with E-state index in [1.165, 1.54) is 17.7 Å². The van der Waals surface area contributed by atoms with Gasteiger partial charge in [0.25, 0.3) is 5.91 Å². The number of carbonyl (C=O) groups is 1. The highest BCUT2D eigenvalue weighted by Gasteiger charge is 2.24. The van der Waals surface area contributed by atoms with Crippen LogP contribution in [-0.4, -0.2) is 10.5 Å². The summed E-state index contributed by atoms with van der Waals surface area (Å²) in [4.78, 5) is 13.6. The second kappa shape index (κ2) is 6.94. The quantitative estimate of drug-likeness (QED) is 0.312. The Hall–Kier alpha value is -2.20. The van der Waals surface area contributed by atoms with E-state index in [0.29, 0.717) is 10.7 Å². The van der Waals surface area contributed by atoms with E-state index in [-0.39, 0.29) is 26.9 Å². The number of aromatic nitrogens is 1. The van der Waals surface area contributed by atoms with Crippen molar-refractivity contribution in [3.8, 4) is 0 Å². The molecule has 4 aromatic rings. The van der Waals surface area contributed by atoms with Crippen LogP contribution in [0.3, 0.4) is 0 Å². The van der Waals surface area contributed by atoms with Crippen LogP contribution >= 0.6 is 34.8 Å². The molecule has 0 saturated heterocycles. The molecule has 0 bridgehead atoms. The maximum Gasteiger partial charge on any atom is 0.265 e. The van der Waals surface area contributed by atoms with Crippen LogP contribution in [0.4, 0.5) is 5.69 Å². The minimum Gasteiger partial charge on any atom is -0.399 e. The number of hydrogen-bond donors (Lipinski definition) is 1. The molecule has 2 N–H and O–H groups in total. The third kappa shape index (κ3) is 3.38. The molecule has 3 nitrogen and oxygen atoms in total. The summed E-state index contributed by atoms with van der Waals surface area (Å²) >= 11 is 18.7. The Kier molecular flexibility index (Phi) is 4.81. The number of fused-ring (bicyclic) bond motifs is 3. The van der Waals surface area contributed by atoms with Gasteiger partial charge in [0.1, 0.15) is 0 Å². The smallest absolute Gasteiger partial charge is 0.265 e. The van der Waals surface area contributed by atoms with Crippen molar-refractivity contribution in [3.05, 3.63) is 74.7 Å². The van der Waals surface area contributed by atoms with Gasteiger partial charge in [-0.25, -0.2) is 0 Å². The van der Waals surface area contributed by atoms with Crippen molar-refractivity contribution >= 4 is 68.2 Å². The zero-order valence-corrected chi connectivity index (χ0v) is 18.5. The molecule has 4 rings (SSSR count). The van der Waals surface area contributed by atoms with Crippen LogP contribution in [0.2, 0.25) is 15.1 Å². The first-order valence-corrected chi connectivity index (χ1v) is 10.2. The van der Waals surface area contributed by atoms with E-state index < -0.39 is 0 Å². The molecule has 1 heterocycles. The van der Waals surface area contributed by atoms with Crippen molar-refractivity contribution in [2.24, 2.45) is 0 Å². The van der Waals surface area contributed by atoms with Crippen LogP contribution in [-0.2, 0) is 5.41 Å². The summed E-state index contributed by atoms with van der Waals surface area (Å²) in [5.74, 6) is -0.315. The third-order valence-electron chi connectivity index (χ3n) is 5.08. The van der Waals surface area contributed by atoms with Crippen LogP contribution in [0.1, 0.15) is 36.7 Å². The number of nitrogens with two attached hydrogens (primary N) is 1. The monoisotopic (exact) mass is 444 g/mol. The average molecular weight is 446 g/mol. The molecule has 148 valence electrons. The standard InChI is InChI=1S/C23H19Cl3N2O/c1-23(2,3)12-4-6-19-15(8-12)16-11-14(27)5-7-20(16)28(19)22(29)21-17(25)9-13(24)10-18(21)26/h4-11H,27H2,1-3H3. The lowest BCUT2D eigenvalue weighted by Gasteiger charge is -2.19. The number of hydrogen-bond acceptors (Lipinski definition) is 2. The van der Waals surface area contributed by atoms with Gasteiger partial charge >= 0.3 is 0 Å². The van der Waals surface area contributed by atoms with E-state index >= 15 is 0 Å². The van der Waals surface area contributed by atoms with Crippen molar-refractivity contribution in [2.75, 3.05) is 5.73 Å². The Morgan fingerprint density at radius 2 is 1.41 bits per heavy atom. The zero-order valence-electron chi connectivity index (χ0n) is 16.2. The minimum absolute atomic E-state index is 0.0320. The normalized spacial score (nSPS) is 12.1. The van der Waals surface area contributed by atoms with Gasteiger partial charge in [-0.2, -0.15) is 0 Å². The van der Waals surface area contributed by atoms with Gasteiger partial charge in [0.15, 0.2) is 0 Å². The van der Waals surface area contributed by atoms with E-state index in [1.807, 2.05) is 24.3 Å². The second-order valence-corrected chi connectivity index (χ2v) is 9.39. The van der Waals surface area contributed by atoms with Gasteiger partial charge in [0, 0.05) is 21.5 Å². The van der Waals surface area contributed by atoms with Gasteiger partial charge in [-0.3, -0.25) is 9.36 Å². The molecule has 0 unspecified atom stereocenters. The van der Waals surface area contributed by atoms with E-state index in [0.717, 1.165) is 21.8 Å². The number of nitrogen functional groups attached to an aromatic ring is 1. The fourth-order valence-electron chi connectivity index (χ4n) is 3.58. The Morgan fingerprint density at radius 1 is 0.862 bits per heavy atom. The van der Waals surface area contributed by atoms with Crippen LogP contribution in [0.25, 0.3) is 21.8 Å². The largest absolute Gasteiger partial charge is 0.399 e. The summed E-state index contributed by atoms with van der Waals surface area (Å²) in [7, 11) is 0. The number of nitrogens with zero attached hydrogens (tertiary/aromatic N) is 1. The summed E-state index contributed by atoms with van der Waals surface area (Å²) in [6.07, 6.45) is 0. The molecular weight excluding hydrogens is 427 g/mol. The zero-order chi connectivity index (χ0) is 21.1. The lowest BCUT2D eigenvalue weighted by molar-refractivity contribution is 0.0970. The Balaban J connectivity index is 2.08. The minimum atomic E-state index is -0.315. The second-order valence-electron chi connectivity index (χ2n) is 8.14. The van der Waals surface area contributed by atoms with Gasteiger partial charge < -0.3 is 5.73 Å². The molecule has 0 atom stereocenters. The van der Waals surface area contributed by atoms with Gasteiger partial charge in [0.05, 0.1) is 26.6 Å². The topological polar surface area (TPSA) is 48.0 Å². The van der Waals surface area contributed by atoms with Gasteiger partial charge in [-0.15, -0.1) is 0 Å². The number of rotatable bonds is 1. The summed E-state index contributed by atoms with van der Waals surface area (Å²) < 4.78 is 1.64. The predicted molar refractivity (Wildman–Crippen MR) is 124 cm³/mol. The van der Waals surface area contributed by atoms with Gasteiger partial charge in [0.2, 0.25) is 0 Å². The molecular formula is C23H19Cl3N2O. The average Bonchev–Trinajstić information content (AvgIpc) is 2.93. The Bertz CT molecular complexity index is 1280. The van der Waals surface area contributed by atoms with Crippen molar-refractivity contribution < 1.29 is 4.79 Å². The highest BCUT2D eigenvalue weighted by molar-refractivity contribution is 6.42.